The average Bonchev–Trinajstić information content (AvgIpc) is 2.64. The van der Waals surface area contributed by atoms with Gasteiger partial charge in [0.2, 0.25) is 6.79 Å². The average molecular weight is 209 g/mol. The highest BCUT2D eigenvalue weighted by Crippen LogP contribution is 2.40. The summed E-state index contributed by atoms with van der Waals surface area (Å²) >= 11 is 0. The van der Waals surface area contributed by atoms with Crippen molar-refractivity contribution >= 4 is 0 Å². The molecule has 0 amide bonds. The van der Waals surface area contributed by atoms with Crippen molar-refractivity contribution in [1.82, 2.24) is 0 Å². The van der Waals surface area contributed by atoms with Gasteiger partial charge in [-0.2, -0.15) is 0 Å². The Morgan fingerprint density at radius 1 is 1.47 bits per heavy atom. The van der Waals surface area contributed by atoms with Gasteiger partial charge in [-0.25, -0.2) is 0 Å². The van der Waals surface area contributed by atoms with Gasteiger partial charge in [0.1, 0.15) is 0 Å². The van der Waals surface area contributed by atoms with Crippen molar-refractivity contribution in [3.8, 4) is 11.5 Å². The van der Waals surface area contributed by atoms with Crippen LogP contribution in [0.15, 0.2) is 12.1 Å². The number of benzene rings is 1. The second-order valence-electron chi connectivity index (χ2n) is 3.59. The van der Waals surface area contributed by atoms with Gasteiger partial charge in [0.05, 0.1) is 6.61 Å². The third-order valence-electron chi connectivity index (χ3n) is 2.42. The molecule has 2 rings (SSSR count). The van der Waals surface area contributed by atoms with Crippen LogP contribution in [0.25, 0.3) is 0 Å². The molecular formula is C11H15NO3. The van der Waals surface area contributed by atoms with Crippen LogP contribution in [-0.4, -0.2) is 13.9 Å². The third kappa shape index (κ3) is 1.78. The van der Waals surface area contributed by atoms with E-state index in [0.717, 1.165) is 22.6 Å². The summed E-state index contributed by atoms with van der Waals surface area (Å²) in [6, 6.07) is 3.77. The van der Waals surface area contributed by atoms with Crippen LogP contribution in [-0.2, 0) is 11.3 Å². The van der Waals surface area contributed by atoms with Crippen molar-refractivity contribution in [1.29, 1.82) is 0 Å². The van der Waals surface area contributed by atoms with Crippen LogP contribution in [0.1, 0.15) is 24.1 Å². The summed E-state index contributed by atoms with van der Waals surface area (Å²) in [7, 11) is 1.66. The molecule has 82 valence electrons. The Morgan fingerprint density at radius 3 is 2.93 bits per heavy atom. The number of methoxy groups -OCH3 is 1. The monoisotopic (exact) mass is 209 g/mol. The van der Waals surface area contributed by atoms with Gasteiger partial charge in [-0.1, -0.05) is 6.07 Å². The molecular weight excluding hydrogens is 194 g/mol. The highest BCUT2D eigenvalue weighted by Gasteiger charge is 2.22. The summed E-state index contributed by atoms with van der Waals surface area (Å²) in [6.45, 7) is 2.73. The molecule has 15 heavy (non-hydrogen) atoms. The first-order chi connectivity index (χ1) is 7.24. The summed E-state index contributed by atoms with van der Waals surface area (Å²) in [5.41, 5.74) is 7.96. The lowest BCUT2D eigenvalue weighted by molar-refractivity contribution is 0.171. The maximum atomic E-state index is 5.93. The maximum Gasteiger partial charge on any atom is 0.231 e. The Bertz CT molecular complexity index is 363. The standard InChI is InChI=1S/C11H15NO3/c1-7(12)10-8(5-13-2)3-4-9-11(10)15-6-14-9/h3-4,7H,5-6,12H2,1-2H3. The number of rotatable bonds is 3. The van der Waals surface area contributed by atoms with Crippen LogP contribution in [0.2, 0.25) is 0 Å². The van der Waals surface area contributed by atoms with E-state index in [-0.39, 0.29) is 12.8 Å². The summed E-state index contributed by atoms with van der Waals surface area (Å²) in [4.78, 5) is 0. The Labute approximate surface area is 88.9 Å². The largest absolute Gasteiger partial charge is 0.454 e. The van der Waals surface area contributed by atoms with Gasteiger partial charge in [-0.3, -0.25) is 0 Å². The van der Waals surface area contributed by atoms with Crippen molar-refractivity contribution in [2.24, 2.45) is 5.73 Å². The van der Waals surface area contributed by atoms with E-state index in [1.54, 1.807) is 7.11 Å². The molecule has 0 saturated heterocycles. The molecule has 1 unspecified atom stereocenters. The summed E-state index contributed by atoms with van der Waals surface area (Å²) in [5.74, 6) is 1.53. The van der Waals surface area contributed by atoms with E-state index in [9.17, 15) is 0 Å². The van der Waals surface area contributed by atoms with Crippen LogP contribution in [0, 0.1) is 0 Å². The fraction of sp³-hybridized carbons (Fsp3) is 0.455. The normalized spacial score (nSPS) is 15.4. The Hall–Kier alpha value is -1.26. The van der Waals surface area contributed by atoms with Crippen molar-refractivity contribution in [3.63, 3.8) is 0 Å². The molecule has 1 aliphatic rings. The summed E-state index contributed by atoms with van der Waals surface area (Å²) in [6.07, 6.45) is 0. The molecule has 0 saturated carbocycles. The zero-order valence-electron chi connectivity index (χ0n) is 8.95. The molecule has 1 heterocycles. The van der Waals surface area contributed by atoms with E-state index in [1.165, 1.54) is 0 Å². The van der Waals surface area contributed by atoms with Gasteiger partial charge in [-0.15, -0.1) is 0 Å². The van der Waals surface area contributed by atoms with Gasteiger partial charge in [0.15, 0.2) is 11.5 Å². The van der Waals surface area contributed by atoms with Gasteiger partial charge in [-0.05, 0) is 18.6 Å². The van der Waals surface area contributed by atoms with Gasteiger partial charge < -0.3 is 19.9 Å². The summed E-state index contributed by atoms with van der Waals surface area (Å²) < 4.78 is 15.9. The lowest BCUT2D eigenvalue weighted by Gasteiger charge is -2.14. The zero-order valence-corrected chi connectivity index (χ0v) is 8.95. The second-order valence-corrected chi connectivity index (χ2v) is 3.59. The van der Waals surface area contributed by atoms with E-state index in [1.807, 2.05) is 19.1 Å². The molecule has 1 atom stereocenters. The molecule has 1 aromatic rings. The molecule has 4 nitrogen and oxygen atoms in total. The highest BCUT2D eigenvalue weighted by atomic mass is 16.7. The minimum Gasteiger partial charge on any atom is -0.454 e. The molecule has 2 N–H and O–H groups in total. The predicted molar refractivity (Wildman–Crippen MR) is 55.9 cm³/mol. The maximum absolute atomic E-state index is 5.93. The van der Waals surface area contributed by atoms with E-state index in [4.69, 9.17) is 19.9 Å². The van der Waals surface area contributed by atoms with Gasteiger partial charge in [0, 0.05) is 18.7 Å². The minimum absolute atomic E-state index is 0.0909. The minimum atomic E-state index is -0.0909. The van der Waals surface area contributed by atoms with Crippen LogP contribution in [0.4, 0.5) is 0 Å². The van der Waals surface area contributed by atoms with Crippen molar-refractivity contribution in [2.45, 2.75) is 19.6 Å². The molecule has 0 aromatic heterocycles. The highest BCUT2D eigenvalue weighted by molar-refractivity contribution is 5.53. The first kappa shape index (κ1) is 10.3. The predicted octanol–water partition coefficient (Wildman–Crippen LogP) is 1.58. The number of nitrogens with two attached hydrogens (primary N) is 1. The van der Waals surface area contributed by atoms with E-state index < -0.39 is 0 Å². The fourth-order valence-corrected chi connectivity index (χ4v) is 1.82. The van der Waals surface area contributed by atoms with Crippen LogP contribution < -0.4 is 15.2 Å². The Balaban J connectivity index is 2.48. The van der Waals surface area contributed by atoms with E-state index in [0.29, 0.717) is 6.61 Å². The van der Waals surface area contributed by atoms with E-state index >= 15 is 0 Å². The lowest BCUT2D eigenvalue weighted by Crippen LogP contribution is -2.10. The molecule has 0 fully saturated rings. The number of fused-ring (bicyclic) bond motifs is 1. The van der Waals surface area contributed by atoms with Crippen LogP contribution >= 0.6 is 0 Å². The number of ether oxygens (including phenoxy) is 3. The molecule has 0 bridgehead atoms. The van der Waals surface area contributed by atoms with Crippen molar-refractivity contribution in [2.75, 3.05) is 13.9 Å². The van der Waals surface area contributed by atoms with Crippen molar-refractivity contribution < 1.29 is 14.2 Å². The number of hydrogen-bond acceptors (Lipinski definition) is 4. The summed E-state index contributed by atoms with van der Waals surface area (Å²) in [5, 5.41) is 0. The molecule has 0 spiro atoms. The SMILES string of the molecule is COCc1ccc2c(c1C(C)N)OCO2. The third-order valence-corrected chi connectivity index (χ3v) is 2.42. The Morgan fingerprint density at radius 2 is 2.27 bits per heavy atom. The quantitative estimate of drug-likeness (QED) is 0.821. The molecule has 0 radical (unpaired) electrons. The van der Waals surface area contributed by atoms with Gasteiger partial charge >= 0.3 is 0 Å². The van der Waals surface area contributed by atoms with Crippen LogP contribution in [0.3, 0.4) is 0 Å². The van der Waals surface area contributed by atoms with Crippen LogP contribution in [0.5, 0.6) is 11.5 Å². The molecule has 1 aliphatic heterocycles. The topological polar surface area (TPSA) is 53.7 Å². The molecule has 1 aromatic carbocycles. The Kier molecular flexibility index (Phi) is 2.79. The molecule has 4 heteroatoms. The number of hydrogen-bond donors (Lipinski definition) is 1. The smallest absolute Gasteiger partial charge is 0.231 e. The first-order valence-corrected chi connectivity index (χ1v) is 4.90. The fourth-order valence-electron chi connectivity index (χ4n) is 1.82. The lowest BCUT2D eigenvalue weighted by atomic mass is 10.0. The molecule has 0 aliphatic carbocycles. The zero-order chi connectivity index (χ0) is 10.8. The van der Waals surface area contributed by atoms with E-state index in [2.05, 4.69) is 0 Å². The van der Waals surface area contributed by atoms with Gasteiger partial charge in [0.25, 0.3) is 0 Å². The first-order valence-electron chi connectivity index (χ1n) is 4.90. The van der Waals surface area contributed by atoms with Crippen molar-refractivity contribution in [3.05, 3.63) is 23.3 Å². The second kappa shape index (κ2) is 4.08.